The van der Waals surface area contributed by atoms with E-state index in [0.29, 0.717) is 21.7 Å². The highest BCUT2D eigenvalue weighted by atomic mass is 16.1. The molecular weight excluding hydrogens is 226 g/mol. The van der Waals surface area contributed by atoms with Gasteiger partial charge in [0.2, 0.25) is 0 Å². The van der Waals surface area contributed by atoms with Gasteiger partial charge in [0.05, 0.1) is 10.9 Å². The summed E-state index contributed by atoms with van der Waals surface area (Å²) in [7, 11) is 0. The molecule has 3 heteroatoms. The average Bonchev–Trinajstić information content (AvgIpc) is 2.48. The predicted octanol–water partition coefficient (Wildman–Crippen LogP) is 2.35. The summed E-state index contributed by atoms with van der Waals surface area (Å²) in [4.78, 5) is 27.2. The van der Waals surface area contributed by atoms with E-state index >= 15 is 0 Å². The molecule has 18 heavy (non-hydrogen) atoms. The smallest absolute Gasteiger partial charge is 0.256 e. The number of fused-ring (bicyclic) bond motifs is 2. The Kier molecular flexibility index (Phi) is 2.27. The third kappa shape index (κ3) is 1.52. The fraction of sp³-hybridized carbons (Fsp3) is 0.0667. The lowest BCUT2D eigenvalue weighted by atomic mass is 10.1. The fourth-order valence-electron chi connectivity index (χ4n) is 2.17. The zero-order chi connectivity index (χ0) is 12.7. The van der Waals surface area contributed by atoms with Crippen molar-refractivity contribution in [3.05, 3.63) is 68.6 Å². The molecule has 0 saturated carbocycles. The number of aromatic amines is 1. The van der Waals surface area contributed by atoms with Crippen LogP contribution in [0.25, 0.3) is 21.7 Å². The molecule has 0 spiro atoms. The van der Waals surface area contributed by atoms with Crippen LogP contribution in [0.2, 0.25) is 0 Å². The van der Waals surface area contributed by atoms with Crippen molar-refractivity contribution in [3.8, 4) is 0 Å². The Morgan fingerprint density at radius 3 is 2.39 bits per heavy atom. The summed E-state index contributed by atoms with van der Waals surface area (Å²) >= 11 is 0. The molecule has 0 aliphatic rings. The first-order valence-corrected chi connectivity index (χ1v) is 5.72. The average molecular weight is 237 g/mol. The van der Waals surface area contributed by atoms with Crippen molar-refractivity contribution in [2.45, 2.75) is 6.92 Å². The van der Waals surface area contributed by atoms with Crippen LogP contribution < -0.4 is 11.0 Å². The van der Waals surface area contributed by atoms with Crippen LogP contribution in [-0.4, -0.2) is 4.98 Å². The SMILES string of the molecule is Cc1ccc2[nH]c(=O)c3ccccc3c(=O)c2c1. The number of aromatic nitrogens is 1. The van der Waals surface area contributed by atoms with Crippen molar-refractivity contribution < 1.29 is 0 Å². The Labute approximate surface area is 103 Å². The molecule has 1 N–H and O–H groups in total. The maximum atomic E-state index is 12.4. The maximum Gasteiger partial charge on any atom is 0.256 e. The second-order valence-corrected chi connectivity index (χ2v) is 4.38. The van der Waals surface area contributed by atoms with Gasteiger partial charge in [-0.15, -0.1) is 0 Å². The first-order chi connectivity index (χ1) is 8.66. The second kappa shape index (κ2) is 3.81. The predicted molar refractivity (Wildman–Crippen MR) is 73.1 cm³/mol. The summed E-state index contributed by atoms with van der Waals surface area (Å²) in [5.41, 5.74) is 1.23. The van der Waals surface area contributed by atoms with E-state index in [2.05, 4.69) is 4.98 Å². The number of aryl methyl sites for hydroxylation is 1. The molecule has 1 heterocycles. The summed E-state index contributed by atoms with van der Waals surface area (Å²) < 4.78 is 0. The van der Waals surface area contributed by atoms with E-state index in [1.165, 1.54) is 0 Å². The normalized spacial score (nSPS) is 10.9. The van der Waals surface area contributed by atoms with E-state index in [0.717, 1.165) is 5.56 Å². The van der Waals surface area contributed by atoms with Crippen molar-refractivity contribution in [1.82, 2.24) is 4.98 Å². The zero-order valence-electron chi connectivity index (χ0n) is 9.86. The fourth-order valence-corrected chi connectivity index (χ4v) is 2.17. The maximum absolute atomic E-state index is 12.4. The molecule has 0 aliphatic carbocycles. The molecule has 3 rings (SSSR count). The second-order valence-electron chi connectivity index (χ2n) is 4.38. The molecule has 3 nitrogen and oxygen atoms in total. The van der Waals surface area contributed by atoms with Gasteiger partial charge >= 0.3 is 0 Å². The van der Waals surface area contributed by atoms with E-state index in [1.807, 2.05) is 13.0 Å². The molecule has 0 aliphatic heterocycles. The molecule has 0 amide bonds. The molecule has 1 aromatic heterocycles. The molecule has 88 valence electrons. The molecule has 0 bridgehead atoms. The van der Waals surface area contributed by atoms with Gasteiger partial charge in [0.15, 0.2) is 5.43 Å². The van der Waals surface area contributed by atoms with E-state index in [9.17, 15) is 9.59 Å². The van der Waals surface area contributed by atoms with Crippen molar-refractivity contribution in [1.29, 1.82) is 0 Å². The van der Waals surface area contributed by atoms with Crippen LogP contribution in [-0.2, 0) is 0 Å². The molecule has 2 aromatic carbocycles. The van der Waals surface area contributed by atoms with Crippen LogP contribution in [0, 0.1) is 6.92 Å². The van der Waals surface area contributed by atoms with Gasteiger partial charge in [-0.1, -0.05) is 29.8 Å². The molecule has 0 fully saturated rings. The van der Waals surface area contributed by atoms with Gasteiger partial charge in [-0.25, -0.2) is 0 Å². The van der Waals surface area contributed by atoms with Crippen LogP contribution in [0.3, 0.4) is 0 Å². The van der Waals surface area contributed by atoms with Crippen molar-refractivity contribution in [2.24, 2.45) is 0 Å². The summed E-state index contributed by atoms with van der Waals surface area (Å²) in [5.74, 6) is 0. The Balaban J connectivity index is 2.75. The number of benzene rings is 2. The molecule has 0 atom stereocenters. The minimum Gasteiger partial charge on any atom is -0.321 e. The number of hydrogen-bond donors (Lipinski definition) is 1. The van der Waals surface area contributed by atoms with E-state index in [1.54, 1.807) is 36.4 Å². The summed E-state index contributed by atoms with van der Waals surface area (Å²) in [6.07, 6.45) is 0. The van der Waals surface area contributed by atoms with Crippen LogP contribution in [0.1, 0.15) is 5.56 Å². The lowest BCUT2D eigenvalue weighted by Crippen LogP contribution is -2.02. The largest absolute Gasteiger partial charge is 0.321 e. The van der Waals surface area contributed by atoms with Crippen LogP contribution in [0.15, 0.2) is 52.1 Å². The van der Waals surface area contributed by atoms with Crippen LogP contribution in [0.4, 0.5) is 0 Å². The third-order valence-electron chi connectivity index (χ3n) is 3.08. The highest BCUT2D eigenvalue weighted by Gasteiger charge is 2.05. The third-order valence-corrected chi connectivity index (χ3v) is 3.08. The van der Waals surface area contributed by atoms with Gasteiger partial charge in [-0.05, 0) is 25.1 Å². The summed E-state index contributed by atoms with van der Waals surface area (Å²) in [5, 5.41) is 1.43. The monoisotopic (exact) mass is 237 g/mol. The minimum atomic E-state index is -0.235. The quantitative estimate of drug-likeness (QED) is 0.652. The van der Waals surface area contributed by atoms with Crippen molar-refractivity contribution in [2.75, 3.05) is 0 Å². The number of rotatable bonds is 0. The van der Waals surface area contributed by atoms with Crippen molar-refractivity contribution >= 4 is 21.7 Å². The molecule has 0 radical (unpaired) electrons. The molecular formula is C15H11NO2. The van der Waals surface area contributed by atoms with Crippen molar-refractivity contribution in [3.63, 3.8) is 0 Å². The Morgan fingerprint density at radius 2 is 1.61 bits per heavy atom. The Morgan fingerprint density at radius 1 is 0.889 bits per heavy atom. The van der Waals surface area contributed by atoms with Gasteiger partial charge in [-0.2, -0.15) is 0 Å². The van der Waals surface area contributed by atoms with Gasteiger partial charge < -0.3 is 4.98 Å². The number of H-pyrrole nitrogens is 1. The van der Waals surface area contributed by atoms with Gasteiger partial charge in [0.25, 0.3) is 5.56 Å². The summed E-state index contributed by atoms with van der Waals surface area (Å²) in [6.45, 7) is 1.92. The van der Waals surface area contributed by atoms with E-state index < -0.39 is 0 Å². The van der Waals surface area contributed by atoms with E-state index in [4.69, 9.17) is 0 Å². The standard InChI is InChI=1S/C15H11NO2/c1-9-6-7-13-12(8-9)14(17)10-4-2-3-5-11(10)15(18)16-13/h2-8H,1H3,(H,16,18). The number of hydrogen-bond acceptors (Lipinski definition) is 2. The van der Waals surface area contributed by atoms with Gasteiger partial charge in [-0.3, -0.25) is 9.59 Å². The topological polar surface area (TPSA) is 49.9 Å². The lowest BCUT2D eigenvalue weighted by molar-refractivity contribution is 1.35. The number of nitrogens with one attached hydrogen (secondary N) is 1. The Hall–Kier alpha value is -2.42. The van der Waals surface area contributed by atoms with Gasteiger partial charge in [0, 0.05) is 10.8 Å². The lowest BCUT2D eigenvalue weighted by Gasteiger charge is -1.93. The van der Waals surface area contributed by atoms with E-state index in [-0.39, 0.29) is 11.0 Å². The minimum absolute atomic E-state index is 0.109. The zero-order valence-corrected chi connectivity index (χ0v) is 9.86. The summed E-state index contributed by atoms with van der Waals surface area (Å²) in [6, 6.07) is 12.3. The molecule has 0 saturated heterocycles. The Bertz CT molecular complexity index is 878. The highest BCUT2D eigenvalue weighted by Crippen LogP contribution is 2.11. The highest BCUT2D eigenvalue weighted by molar-refractivity contribution is 5.90. The van der Waals surface area contributed by atoms with Crippen LogP contribution in [0.5, 0.6) is 0 Å². The first kappa shape index (κ1) is 10.7. The van der Waals surface area contributed by atoms with Crippen LogP contribution >= 0.6 is 0 Å². The van der Waals surface area contributed by atoms with Gasteiger partial charge in [0.1, 0.15) is 0 Å². The molecule has 0 unspecified atom stereocenters. The molecule has 3 aromatic rings. The first-order valence-electron chi connectivity index (χ1n) is 5.72.